The summed E-state index contributed by atoms with van der Waals surface area (Å²) in [7, 11) is 0. The molecule has 1 aliphatic heterocycles. The van der Waals surface area contributed by atoms with Crippen molar-refractivity contribution in [3.8, 4) is 0 Å². The molecule has 3 nitrogen and oxygen atoms in total. The van der Waals surface area contributed by atoms with Crippen LogP contribution in [0.5, 0.6) is 0 Å². The quantitative estimate of drug-likeness (QED) is 0.720. The van der Waals surface area contributed by atoms with E-state index in [4.69, 9.17) is 0 Å². The molecule has 2 rings (SSSR count). The van der Waals surface area contributed by atoms with E-state index in [0.29, 0.717) is 12.0 Å². The van der Waals surface area contributed by atoms with Gasteiger partial charge in [-0.1, -0.05) is 20.3 Å². The molecule has 100 valence electrons. The smallest absolute Gasteiger partial charge is 0.0615 e. The van der Waals surface area contributed by atoms with E-state index in [2.05, 4.69) is 24.1 Å². The number of aliphatic hydroxyl groups excluding tert-OH is 1. The summed E-state index contributed by atoms with van der Waals surface area (Å²) < 4.78 is 0. The average molecular weight is 240 g/mol. The zero-order valence-corrected chi connectivity index (χ0v) is 11.5. The Morgan fingerprint density at radius 1 is 1.06 bits per heavy atom. The molecule has 2 fully saturated rings. The molecule has 1 saturated heterocycles. The van der Waals surface area contributed by atoms with Crippen LogP contribution in [0.1, 0.15) is 46.0 Å². The predicted molar refractivity (Wildman–Crippen MR) is 71.1 cm³/mol. The van der Waals surface area contributed by atoms with Crippen LogP contribution in [0.25, 0.3) is 0 Å². The van der Waals surface area contributed by atoms with E-state index in [1.54, 1.807) is 0 Å². The molecule has 1 heterocycles. The van der Waals surface area contributed by atoms with Crippen LogP contribution in [0.15, 0.2) is 0 Å². The maximum Gasteiger partial charge on any atom is 0.0615 e. The summed E-state index contributed by atoms with van der Waals surface area (Å²) in [4.78, 5) is 2.55. The molecule has 17 heavy (non-hydrogen) atoms. The molecule has 1 atom stereocenters. The summed E-state index contributed by atoms with van der Waals surface area (Å²) in [5.41, 5.74) is 0.542. The summed E-state index contributed by atoms with van der Waals surface area (Å²) in [6.07, 6.45) is 6.15. The van der Waals surface area contributed by atoms with Gasteiger partial charge in [0.15, 0.2) is 0 Å². The molecule has 1 unspecified atom stereocenters. The van der Waals surface area contributed by atoms with Crippen LogP contribution in [0.2, 0.25) is 0 Å². The van der Waals surface area contributed by atoms with Gasteiger partial charge < -0.3 is 10.4 Å². The number of hydrogen-bond donors (Lipinski definition) is 2. The standard InChI is InChI=1S/C14H28N2O/c1-13(2)4-3-5-14(12-17,7-6-13)16-10-8-15-9-11-16/h15,17H,3-12H2,1-2H3. The van der Waals surface area contributed by atoms with E-state index in [1.165, 1.54) is 25.7 Å². The Morgan fingerprint density at radius 2 is 1.76 bits per heavy atom. The summed E-state index contributed by atoms with van der Waals surface area (Å²) in [6, 6.07) is 0. The van der Waals surface area contributed by atoms with Crippen molar-refractivity contribution in [3.63, 3.8) is 0 Å². The second-order valence-electron chi connectivity index (χ2n) is 6.64. The average Bonchev–Trinajstić information content (AvgIpc) is 2.50. The molecule has 2 aliphatic rings. The van der Waals surface area contributed by atoms with E-state index in [0.717, 1.165) is 32.6 Å². The topological polar surface area (TPSA) is 35.5 Å². The summed E-state index contributed by atoms with van der Waals surface area (Å²) in [5.74, 6) is 0. The Morgan fingerprint density at radius 3 is 2.41 bits per heavy atom. The van der Waals surface area contributed by atoms with Gasteiger partial charge in [-0.2, -0.15) is 0 Å². The number of hydrogen-bond acceptors (Lipinski definition) is 3. The molecule has 0 spiro atoms. The maximum absolute atomic E-state index is 9.93. The van der Waals surface area contributed by atoms with Crippen LogP contribution < -0.4 is 5.32 Å². The zero-order chi connectivity index (χ0) is 12.4. The predicted octanol–water partition coefficient (Wildman–Crippen LogP) is 1.61. The van der Waals surface area contributed by atoms with E-state index in [9.17, 15) is 5.11 Å². The molecule has 1 saturated carbocycles. The number of nitrogens with one attached hydrogen (secondary N) is 1. The third-order valence-corrected chi connectivity index (χ3v) is 4.84. The first-order valence-corrected chi connectivity index (χ1v) is 7.15. The summed E-state index contributed by atoms with van der Waals surface area (Å²) in [5, 5.41) is 13.3. The largest absolute Gasteiger partial charge is 0.394 e. The van der Waals surface area contributed by atoms with Crippen molar-refractivity contribution < 1.29 is 5.11 Å². The Labute approximate surface area is 106 Å². The van der Waals surface area contributed by atoms with Crippen LogP contribution in [0.4, 0.5) is 0 Å². The van der Waals surface area contributed by atoms with Gasteiger partial charge in [-0.05, 0) is 31.1 Å². The van der Waals surface area contributed by atoms with Crippen LogP contribution in [0, 0.1) is 5.41 Å². The number of piperazine rings is 1. The van der Waals surface area contributed by atoms with E-state index < -0.39 is 0 Å². The Bertz CT molecular complexity index is 249. The van der Waals surface area contributed by atoms with Gasteiger partial charge in [-0.15, -0.1) is 0 Å². The summed E-state index contributed by atoms with van der Waals surface area (Å²) in [6.45, 7) is 9.43. The van der Waals surface area contributed by atoms with Crippen LogP contribution in [0.3, 0.4) is 0 Å². The highest BCUT2D eigenvalue weighted by molar-refractivity contribution is 4.95. The highest BCUT2D eigenvalue weighted by Crippen LogP contribution is 2.40. The molecule has 2 N–H and O–H groups in total. The van der Waals surface area contributed by atoms with Crippen LogP contribution in [-0.4, -0.2) is 48.3 Å². The molecular weight excluding hydrogens is 212 g/mol. The highest BCUT2D eigenvalue weighted by Gasteiger charge is 2.39. The lowest BCUT2D eigenvalue weighted by molar-refractivity contribution is 0.00714. The lowest BCUT2D eigenvalue weighted by atomic mass is 9.83. The minimum Gasteiger partial charge on any atom is -0.394 e. The SMILES string of the molecule is CC1(C)CCCC(CO)(N2CCNCC2)CC1. The molecule has 0 aromatic carbocycles. The van der Waals surface area contributed by atoms with Gasteiger partial charge in [-0.3, -0.25) is 4.90 Å². The number of nitrogens with zero attached hydrogens (tertiary/aromatic N) is 1. The van der Waals surface area contributed by atoms with Gasteiger partial charge in [0.25, 0.3) is 0 Å². The van der Waals surface area contributed by atoms with Gasteiger partial charge in [0.2, 0.25) is 0 Å². The first-order valence-electron chi connectivity index (χ1n) is 7.15. The van der Waals surface area contributed by atoms with Gasteiger partial charge >= 0.3 is 0 Å². The molecule has 3 heteroatoms. The zero-order valence-electron chi connectivity index (χ0n) is 11.5. The van der Waals surface area contributed by atoms with Crippen molar-refractivity contribution in [1.29, 1.82) is 0 Å². The third-order valence-electron chi connectivity index (χ3n) is 4.84. The van der Waals surface area contributed by atoms with Crippen LogP contribution in [-0.2, 0) is 0 Å². The maximum atomic E-state index is 9.93. The summed E-state index contributed by atoms with van der Waals surface area (Å²) >= 11 is 0. The minimum absolute atomic E-state index is 0.0792. The van der Waals surface area contributed by atoms with E-state index in [1.807, 2.05) is 0 Å². The number of rotatable bonds is 2. The molecule has 0 aromatic heterocycles. The second kappa shape index (κ2) is 5.25. The molecule has 0 aromatic rings. The van der Waals surface area contributed by atoms with Crippen molar-refractivity contribution in [2.24, 2.45) is 5.41 Å². The lowest BCUT2D eigenvalue weighted by Crippen LogP contribution is -2.58. The lowest BCUT2D eigenvalue weighted by Gasteiger charge is -2.45. The number of aliphatic hydroxyl groups is 1. The minimum atomic E-state index is 0.0792. The molecule has 0 radical (unpaired) electrons. The fourth-order valence-electron chi connectivity index (χ4n) is 3.43. The molecular formula is C14H28N2O. The molecule has 1 aliphatic carbocycles. The van der Waals surface area contributed by atoms with Gasteiger partial charge in [0.05, 0.1) is 6.61 Å². The van der Waals surface area contributed by atoms with Crippen molar-refractivity contribution in [2.45, 2.75) is 51.5 Å². The van der Waals surface area contributed by atoms with Crippen molar-refractivity contribution in [1.82, 2.24) is 10.2 Å². The normalized spacial score (nSPS) is 35.5. The highest BCUT2D eigenvalue weighted by atomic mass is 16.3. The second-order valence-corrected chi connectivity index (χ2v) is 6.64. The fraction of sp³-hybridized carbons (Fsp3) is 1.00. The fourth-order valence-corrected chi connectivity index (χ4v) is 3.43. The first kappa shape index (κ1) is 13.3. The van der Waals surface area contributed by atoms with Crippen molar-refractivity contribution in [3.05, 3.63) is 0 Å². The van der Waals surface area contributed by atoms with Crippen molar-refractivity contribution >= 4 is 0 Å². The Balaban J connectivity index is 2.07. The van der Waals surface area contributed by atoms with Crippen molar-refractivity contribution in [2.75, 3.05) is 32.8 Å². The first-order chi connectivity index (χ1) is 8.08. The van der Waals surface area contributed by atoms with Gasteiger partial charge in [0.1, 0.15) is 0 Å². The Hall–Kier alpha value is -0.120. The Kier molecular flexibility index (Phi) is 4.11. The van der Waals surface area contributed by atoms with Gasteiger partial charge in [-0.25, -0.2) is 0 Å². The molecule has 0 bridgehead atoms. The van der Waals surface area contributed by atoms with E-state index >= 15 is 0 Å². The van der Waals surface area contributed by atoms with Crippen LogP contribution >= 0.6 is 0 Å². The molecule has 0 amide bonds. The third kappa shape index (κ3) is 3.01. The van der Waals surface area contributed by atoms with E-state index in [-0.39, 0.29) is 5.54 Å². The monoisotopic (exact) mass is 240 g/mol. The van der Waals surface area contributed by atoms with Gasteiger partial charge in [0, 0.05) is 31.7 Å².